The highest BCUT2D eigenvalue weighted by molar-refractivity contribution is 6.34. The summed E-state index contributed by atoms with van der Waals surface area (Å²) < 4.78 is 4.52. The van der Waals surface area contributed by atoms with Crippen LogP contribution in [-0.4, -0.2) is 14.9 Å². The van der Waals surface area contributed by atoms with Crippen molar-refractivity contribution in [3.63, 3.8) is 0 Å². The zero-order valence-electron chi connectivity index (χ0n) is 21.2. The molecule has 1 amide bonds. The molecule has 0 saturated carbocycles. The number of aryl methyl sites for hydroxylation is 4. The molecule has 3 aromatic carbocycles. The highest BCUT2D eigenvalue weighted by atomic mass is 35.5. The van der Waals surface area contributed by atoms with Crippen molar-refractivity contribution >= 4 is 28.8 Å². The molecule has 0 fully saturated rings. The number of nitrogens with one attached hydrogen (secondary N) is 1. The lowest BCUT2D eigenvalue weighted by Crippen LogP contribution is -2.15. The fourth-order valence-electron chi connectivity index (χ4n) is 5.53. The molecular weight excluding hydrogens is 478 g/mol. The minimum absolute atomic E-state index is 0.155. The van der Waals surface area contributed by atoms with Crippen LogP contribution in [0, 0.1) is 6.92 Å². The first-order chi connectivity index (χ1) is 18.0. The summed E-state index contributed by atoms with van der Waals surface area (Å²) in [5.41, 5.74) is 10.5. The highest BCUT2D eigenvalue weighted by Crippen LogP contribution is 2.40. The Hall–Kier alpha value is -3.76. The molecule has 5 aromatic rings. The molecule has 1 aliphatic heterocycles. The Bertz CT molecular complexity index is 1610. The number of carbonyl (C=O) groups excluding carboxylic acids is 1. The van der Waals surface area contributed by atoms with E-state index < -0.39 is 0 Å². The minimum atomic E-state index is -0.155. The Kier molecular flexibility index (Phi) is 6.13. The Morgan fingerprint density at radius 1 is 0.946 bits per heavy atom. The van der Waals surface area contributed by atoms with Crippen molar-refractivity contribution in [2.24, 2.45) is 0 Å². The second kappa shape index (κ2) is 9.60. The molecule has 0 bridgehead atoms. The summed E-state index contributed by atoms with van der Waals surface area (Å²) in [6.45, 7) is 5.19. The fraction of sp³-hybridized carbons (Fsp3) is 0.219. The number of aromatic nitrogens is 2. The van der Waals surface area contributed by atoms with E-state index in [0.29, 0.717) is 16.4 Å². The van der Waals surface area contributed by atoms with Crippen LogP contribution in [0.2, 0.25) is 5.02 Å². The maximum absolute atomic E-state index is 14.0. The first-order valence-corrected chi connectivity index (χ1v) is 13.4. The van der Waals surface area contributed by atoms with Crippen molar-refractivity contribution in [2.75, 3.05) is 5.32 Å². The van der Waals surface area contributed by atoms with Crippen molar-refractivity contribution in [3.05, 3.63) is 106 Å². The average Bonchev–Trinajstić information content (AvgIpc) is 3.33. The summed E-state index contributed by atoms with van der Waals surface area (Å²) in [7, 11) is 0. The number of anilines is 1. The van der Waals surface area contributed by atoms with Gasteiger partial charge in [-0.15, -0.1) is 0 Å². The third-order valence-corrected chi connectivity index (χ3v) is 7.80. The number of para-hydroxylation sites is 1. The van der Waals surface area contributed by atoms with Crippen molar-refractivity contribution in [3.8, 4) is 22.4 Å². The molecular formula is C32H30ClN3O. The maximum Gasteiger partial charge on any atom is 0.273 e. The van der Waals surface area contributed by atoms with Gasteiger partial charge in [-0.2, -0.15) is 0 Å². The summed E-state index contributed by atoms with van der Waals surface area (Å²) in [4.78, 5) is 14.0. The van der Waals surface area contributed by atoms with Gasteiger partial charge >= 0.3 is 0 Å². The van der Waals surface area contributed by atoms with Crippen LogP contribution in [0.15, 0.2) is 79.0 Å². The van der Waals surface area contributed by atoms with E-state index in [4.69, 9.17) is 11.6 Å². The Morgan fingerprint density at radius 2 is 1.68 bits per heavy atom. The summed E-state index contributed by atoms with van der Waals surface area (Å²) in [6, 6.07) is 24.7. The average molecular weight is 508 g/mol. The van der Waals surface area contributed by atoms with Gasteiger partial charge in [-0.1, -0.05) is 84.8 Å². The third-order valence-electron chi connectivity index (χ3n) is 7.47. The zero-order valence-corrected chi connectivity index (χ0v) is 22.0. The molecule has 5 heteroatoms. The molecule has 0 atom stereocenters. The molecule has 4 nitrogen and oxygen atoms in total. The second-order valence-corrected chi connectivity index (χ2v) is 10.3. The van der Waals surface area contributed by atoms with Crippen LogP contribution in [0.4, 0.5) is 5.69 Å². The molecule has 6 rings (SSSR count). The molecule has 0 aliphatic carbocycles. The van der Waals surface area contributed by atoms with Crippen molar-refractivity contribution in [2.45, 2.75) is 46.1 Å². The van der Waals surface area contributed by atoms with Crippen LogP contribution in [-0.2, 0) is 19.4 Å². The molecule has 1 aliphatic rings. The van der Waals surface area contributed by atoms with Gasteiger partial charge in [0.2, 0.25) is 0 Å². The molecule has 0 unspecified atom stereocenters. The molecule has 0 spiro atoms. The topological polar surface area (TPSA) is 38.4 Å². The molecule has 1 N–H and O–H groups in total. The van der Waals surface area contributed by atoms with Gasteiger partial charge in [0, 0.05) is 23.9 Å². The monoisotopic (exact) mass is 507 g/mol. The zero-order chi connectivity index (χ0) is 25.5. The fourth-order valence-corrected chi connectivity index (χ4v) is 5.71. The predicted molar refractivity (Wildman–Crippen MR) is 153 cm³/mol. The van der Waals surface area contributed by atoms with Crippen LogP contribution in [0.3, 0.4) is 0 Å². The lowest BCUT2D eigenvalue weighted by Gasteiger charge is -2.11. The van der Waals surface area contributed by atoms with Gasteiger partial charge in [0.25, 0.3) is 5.91 Å². The van der Waals surface area contributed by atoms with E-state index in [2.05, 4.69) is 82.9 Å². The van der Waals surface area contributed by atoms with Gasteiger partial charge in [-0.05, 0) is 61.4 Å². The van der Waals surface area contributed by atoms with Crippen LogP contribution < -0.4 is 5.32 Å². The van der Waals surface area contributed by atoms with Crippen molar-refractivity contribution < 1.29 is 4.79 Å². The number of nitrogens with zero attached hydrogens (tertiary/aromatic N) is 2. The summed E-state index contributed by atoms with van der Waals surface area (Å²) in [5, 5.41) is 3.62. The lowest BCUT2D eigenvalue weighted by molar-refractivity contribution is 0.102. The molecule has 0 radical (unpaired) electrons. The van der Waals surface area contributed by atoms with E-state index in [0.717, 1.165) is 60.3 Å². The molecule has 2 aromatic heterocycles. The van der Waals surface area contributed by atoms with Crippen LogP contribution in [0.1, 0.15) is 46.9 Å². The number of halogens is 1. The normalized spacial score (nSPS) is 13.1. The standard InChI is InChI=1S/C32H30ClN3O/c1-3-22-13-17-24(18-14-22)29-25-8-6-7-19-35-28(23-15-11-21(2)12-16-23)20-36(32(25)35)30(29)31(37)34-27-10-5-4-9-26(27)33/h4-5,9-18,20H,3,6-8,19H2,1-2H3,(H,34,37). The van der Waals surface area contributed by atoms with Gasteiger partial charge in [0.15, 0.2) is 0 Å². The Balaban J connectivity index is 1.60. The van der Waals surface area contributed by atoms with Gasteiger partial charge < -0.3 is 9.88 Å². The number of imidazole rings is 1. The molecule has 3 heterocycles. The van der Waals surface area contributed by atoms with Crippen molar-refractivity contribution in [1.29, 1.82) is 0 Å². The van der Waals surface area contributed by atoms with Gasteiger partial charge in [-0.25, -0.2) is 0 Å². The van der Waals surface area contributed by atoms with Gasteiger partial charge in [0.05, 0.1) is 16.4 Å². The van der Waals surface area contributed by atoms with Gasteiger partial charge in [0.1, 0.15) is 11.3 Å². The summed E-state index contributed by atoms with van der Waals surface area (Å²) >= 11 is 6.42. The molecule has 186 valence electrons. The number of hydrogen-bond acceptors (Lipinski definition) is 1. The number of hydrogen-bond donors (Lipinski definition) is 1. The third kappa shape index (κ3) is 4.15. The number of benzene rings is 3. The van der Waals surface area contributed by atoms with E-state index in [9.17, 15) is 4.79 Å². The summed E-state index contributed by atoms with van der Waals surface area (Å²) in [5.74, 6) is -0.155. The van der Waals surface area contributed by atoms with E-state index in [1.165, 1.54) is 16.7 Å². The largest absolute Gasteiger partial charge is 0.325 e. The number of carbonyl (C=O) groups is 1. The van der Waals surface area contributed by atoms with Gasteiger partial charge in [-0.3, -0.25) is 9.20 Å². The molecule has 37 heavy (non-hydrogen) atoms. The lowest BCUT2D eigenvalue weighted by atomic mass is 9.96. The smallest absolute Gasteiger partial charge is 0.273 e. The number of amides is 1. The van der Waals surface area contributed by atoms with E-state index in [1.807, 2.05) is 18.2 Å². The van der Waals surface area contributed by atoms with Crippen LogP contribution >= 0.6 is 11.6 Å². The van der Waals surface area contributed by atoms with E-state index in [-0.39, 0.29) is 5.91 Å². The number of rotatable bonds is 5. The second-order valence-electron chi connectivity index (χ2n) is 9.87. The van der Waals surface area contributed by atoms with Crippen LogP contribution in [0.5, 0.6) is 0 Å². The van der Waals surface area contributed by atoms with Crippen LogP contribution in [0.25, 0.3) is 28.0 Å². The Labute approximate surface area is 222 Å². The molecule has 0 saturated heterocycles. The highest BCUT2D eigenvalue weighted by Gasteiger charge is 2.29. The van der Waals surface area contributed by atoms with E-state index >= 15 is 0 Å². The first kappa shape index (κ1) is 23.6. The van der Waals surface area contributed by atoms with E-state index in [1.54, 1.807) is 6.07 Å². The minimum Gasteiger partial charge on any atom is -0.325 e. The maximum atomic E-state index is 14.0. The summed E-state index contributed by atoms with van der Waals surface area (Å²) in [6.07, 6.45) is 6.24. The Morgan fingerprint density at radius 3 is 2.41 bits per heavy atom. The SMILES string of the molecule is CCc1ccc(-c2c3c4n(c(-c5ccc(C)cc5)cn4c2C(=O)Nc2ccccc2Cl)CCCC3)cc1. The predicted octanol–water partition coefficient (Wildman–Crippen LogP) is 8.19. The quantitative estimate of drug-likeness (QED) is 0.256. The first-order valence-electron chi connectivity index (χ1n) is 13.0. The van der Waals surface area contributed by atoms with Crippen molar-refractivity contribution in [1.82, 2.24) is 8.97 Å².